The Balaban J connectivity index is 1.82. The van der Waals surface area contributed by atoms with E-state index in [1.807, 2.05) is 6.92 Å². The molecule has 1 amide bonds. The molecule has 0 unspecified atom stereocenters. The van der Waals surface area contributed by atoms with E-state index in [2.05, 4.69) is 10.1 Å². The molecule has 0 saturated heterocycles. The summed E-state index contributed by atoms with van der Waals surface area (Å²) in [5.41, 5.74) is 1.41. The number of carbonyl (C=O) groups excluding carboxylic acids is 1. The molecular formula is C20H20ClFN4O2. The summed E-state index contributed by atoms with van der Waals surface area (Å²) in [6.45, 7) is 4.29. The molecule has 3 aromatic rings. The van der Waals surface area contributed by atoms with E-state index in [-0.39, 0.29) is 24.0 Å². The maximum Gasteiger partial charge on any atom is 0.293 e. The highest BCUT2D eigenvalue weighted by Gasteiger charge is 2.21. The Morgan fingerprint density at radius 2 is 1.96 bits per heavy atom. The van der Waals surface area contributed by atoms with Crippen LogP contribution in [0.2, 0.25) is 5.02 Å². The molecule has 0 aliphatic carbocycles. The van der Waals surface area contributed by atoms with Gasteiger partial charge >= 0.3 is 0 Å². The van der Waals surface area contributed by atoms with Gasteiger partial charge in [-0.25, -0.2) is 14.1 Å². The molecule has 0 N–H and O–H groups in total. The first kappa shape index (κ1) is 19.8. The van der Waals surface area contributed by atoms with Crippen LogP contribution >= 0.6 is 11.6 Å². The predicted molar refractivity (Wildman–Crippen MR) is 104 cm³/mol. The Morgan fingerprint density at radius 3 is 2.57 bits per heavy atom. The monoisotopic (exact) mass is 402 g/mol. The topological polar surface area (TPSA) is 60.2 Å². The van der Waals surface area contributed by atoms with Crippen LogP contribution < -0.4 is 4.74 Å². The zero-order valence-electron chi connectivity index (χ0n) is 15.8. The molecule has 0 spiro atoms. The van der Waals surface area contributed by atoms with Crippen LogP contribution in [0.4, 0.5) is 4.39 Å². The normalized spacial score (nSPS) is 10.8. The molecular weight excluding hydrogens is 383 g/mol. The van der Waals surface area contributed by atoms with Crippen LogP contribution in [0.1, 0.15) is 28.9 Å². The van der Waals surface area contributed by atoms with Gasteiger partial charge in [0, 0.05) is 18.1 Å². The maximum atomic E-state index is 13.9. The van der Waals surface area contributed by atoms with E-state index in [0.717, 1.165) is 5.69 Å². The first-order valence-electron chi connectivity index (χ1n) is 8.74. The van der Waals surface area contributed by atoms with E-state index in [4.69, 9.17) is 16.3 Å². The number of carbonyl (C=O) groups is 1. The summed E-state index contributed by atoms with van der Waals surface area (Å²) in [4.78, 5) is 18.7. The lowest BCUT2D eigenvalue weighted by atomic mass is 10.2. The van der Waals surface area contributed by atoms with Crippen molar-refractivity contribution in [3.05, 3.63) is 70.5 Å². The minimum Gasteiger partial charge on any atom is -0.494 e. The fourth-order valence-electron chi connectivity index (χ4n) is 2.80. The first-order chi connectivity index (χ1) is 13.4. The summed E-state index contributed by atoms with van der Waals surface area (Å²) < 4.78 is 20.4. The summed E-state index contributed by atoms with van der Waals surface area (Å²) in [6, 6.07) is 11.7. The summed E-state index contributed by atoms with van der Waals surface area (Å²) in [7, 11) is 1.41. The van der Waals surface area contributed by atoms with E-state index in [1.54, 1.807) is 52.9 Å². The Morgan fingerprint density at radius 1 is 1.25 bits per heavy atom. The molecule has 1 aromatic heterocycles. The van der Waals surface area contributed by atoms with Gasteiger partial charge in [-0.2, -0.15) is 0 Å². The van der Waals surface area contributed by atoms with Crippen molar-refractivity contribution >= 4 is 17.5 Å². The SMILES string of the molecule is CCN(Cc1ccc(OC)c(F)c1)C(=O)c1nc(C)n(-c2ccc(Cl)cc2)n1. The molecule has 6 nitrogen and oxygen atoms in total. The van der Waals surface area contributed by atoms with Crippen LogP contribution in [0.5, 0.6) is 5.75 Å². The van der Waals surface area contributed by atoms with Crippen molar-refractivity contribution in [3.8, 4) is 11.4 Å². The molecule has 0 atom stereocenters. The number of hydrogen-bond acceptors (Lipinski definition) is 4. The molecule has 0 aliphatic rings. The van der Waals surface area contributed by atoms with Gasteiger partial charge in [-0.3, -0.25) is 4.79 Å². The third-order valence-electron chi connectivity index (χ3n) is 4.29. The van der Waals surface area contributed by atoms with Gasteiger partial charge in [0.15, 0.2) is 11.6 Å². The van der Waals surface area contributed by atoms with Gasteiger partial charge in [0.2, 0.25) is 5.82 Å². The lowest BCUT2D eigenvalue weighted by Crippen LogP contribution is -2.31. The molecule has 2 aromatic carbocycles. The van der Waals surface area contributed by atoms with E-state index in [1.165, 1.54) is 13.2 Å². The van der Waals surface area contributed by atoms with Gasteiger partial charge in [0.25, 0.3) is 5.91 Å². The van der Waals surface area contributed by atoms with Gasteiger partial charge in [0.1, 0.15) is 5.82 Å². The van der Waals surface area contributed by atoms with E-state index in [9.17, 15) is 9.18 Å². The molecule has 0 bridgehead atoms. The summed E-state index contributed by atoms with van der Waals surface area (Å²) in [6.07, 6.45) is 0. The average Bonchev–Trinajstić information content (AvgIpc) is 3.08. The average molecular weight is 403 g/mol. The first-order valence-corrected chi connectivity index (χ1v) is 9.12. The number of rotatable bonds is 6. The number of hydrogen-bond donors (Lipinski definition) is 0. The summed E-state index contributed by atoms with van der Waals surface area (Å²) in [5, 5.41) is 4.95. The Hall–Kier alpha value is -2.93. The lowest BCUT2D eigenvalue weighted by molar-refractivity contribution is 0.0740. The summed E-state index contributed by atoms with van der Waals surface area (Å²) >= 11 is 5.92. The van der Waals surface area contributed by atoms with E-state index in [0.29, 0.717) is 23.0 Å². The van der Waals surface area contributed by atoms with Crippen molar-refractivity contribution in [3.63, 3.8) is 0 Å². The number of aryl methyl sites for hydroxylation is 1. The Labute approximate surface area is 167 Å². The number of aromatic nitrogens is 3. The quantitative estimate of drug-likeness (QED) is 0.624. The van der Waals surface area contributed by atoms with Crippen molar-refractivity contribution in [2.24, 2.45) is 0 Å². The van der Waals surface area contributed by atoms with Gasteiger partial charge in [0.05, 0.1) is 12.8 Å². The van der Waals surface area contributed by atoms with Gasteiger partial charge < -0.3 is 9.64 Å². The van der Waals surface area contributed by atoms with Crippen LogP contribution in [0.15, 0.2) is 42.5 Å². The van der Waals surface area contributed by atoms with Crippen molar-refractivity contribution in [2.75, 3.05) is 13.7 Å². The van der Waals surface area contributed by atoms with Crippen molar-refractivity contribution < 1.29 is 13.9 Å². The van der Waals surface area contributed by atoms with Crippen LogP contribution in [-0.2, 0) is 6.54 Å². The minimum absolute atomic E-state index is 0.0864. The van der Waals surface area contributed by atoms with Crippen LogP contribution in [0, 0.1) is 12.7 Å². The minimum atomic E-state index is -0.468. The van der Waals surface area contributed by atoms with Crippen molar-refractivity contribution in [2.45, 2.75) is 20.4 Å². The number of methoxy groups -OCH3 is 1. The Kier molecular flexibility index (Phi) is 5.94. The number of benzene rings is 2. The highest BCUT2D eigenvalue weighted by atomic mass is 35.5. The smallest absolute Gasteiger partial charge is 0.293 e. The molecule has 1 heterocycles. The van der Waals surface area contributed by atoms with E-state index >= 15 is 0 Å². The van der Waals surface area contributed by atoms with E-state index < -0.39 is 5.82 Å². The lowest BCUT2D eigenvalue weighted by Gasteiger charge is -2.19. The molecule has 0 fully saturated rings. The third-order valence-corrected chi connectivity index (χ3v) is 4.54. The van der Waals surface area contributed by atoms with Crippen LogP contribution in [-0.4, -0.2) is 39.2 Å². The summed E-state index contributed by atoms with van der Waals surface area (Å²) in [5.74, 6) is 0.0386. The molecule has 3 rings (SSSR count). The number of amides is 1. The fourth-order valence-corrected chi connectivity index (χ4v) is 2.93. The molecule has 0 saturated carbocycles. The van der Waals surface area contributed by atoms with Gasteiger partial charge in [-0.1, -0.05) is 17.7 Å². The van der Waals surface area contributed by atoms with Crippen LogP contribution in [0.3, 0.4) is 0 Å². The molecule has 0 aliphatic heterocycles. The molecule has 8 heteroatoms. The molecule has 146 valence electrons. The third kappa shape index (κ3) is 4.14. The second kappa shape index (κ2) is 8.39. The second-order valence-electron chi connectivity index (χ2n) is 6.16. The Bertz CT molecular complexity index is 988. The fraction of sp³-hybridized carbons (Fsp3) is 0.250. The zero-order chi connectivity index (χ0) is 20.3. The number of nitrogens with zero attached hydrogens (tertiary/aromatic N) is 4. The highest BCUT2D eigenvalue weighted by Crippen LogP contribution is 2.19. The van der Waals surface area contributed by atoms with Gasteiger partial charge in [-0.15, -0.1) is 5.10 Å². The molecule has 28 heavy (non-hydrogen) atoms. The number of halogens is 2. The van der Waals surface area contributed by atoms with Gasteiger partial charge in [-0.05, 0) is 55.8 Å². The second-order valence-corrected chi connectivity index (χ2v) is 6.60. The highest BCUT2D eigenvalue weighted by molar-refractivity contribution is 6.30. The standard InChI is InChI=1S/C20H20ClFN4O2/c1-4-25(12-14-5-10-18(28-3)17(22)11-14)20(27)19-23-13(2)26(24-19)16-8-6-15(21)7-9-16/h5-11H,4,12H2,1-3H3. The zero-order valence-corrected chi connectivity index (χ0v) is 16.6. The predicted octanol–water partition coefficient (Wildman–Crippen LogP) is 4.04. The van der Waals surface area contributed by atoms with Crippen molar-refractivity contribution in [1.29, 1.82) is 0 Å². The number of ether oxygens (including phenoxy) is 1. The van der Waals surface area contributed by atoms with Crippen LogP contribution in [0.25, 0.3) is 5.69 Å². The molecule has 0 radical (unpaired) electrons. The van der Waals surface area contributed by atoms with Crippen molar-refractivity contribution in [1.82, 2.24) is 19.7 Å². The largest absolute Gasteiger partial charge is 0.494 e. The maximum absolute atomic E-state index is 13.9.